The minimum atomic E-state index is 0.833. The molecule has 0 aromatic rings. The van der Waals surface area contributed by atoms with Gasteiger partial charge in [-0.05, 0) is 37.8 Å². The van der Waals surface area contributed by atoms with E-state index >= 15 is 0 Å². The second kappa shape index (κ2) is 14.8. The average molecular weight is 265 g/mol. The van der Waals surface area contributed by atoms with Gasteiger partial charge in [0, 0.05) is 12.7 Å². The summed E-state index contributed by atoms with van der Waals surface area (Å²) in [5, 5.41) is 3.00. The second-order valence-electron chi connectivity index (χ2n) is 4.94. The van der Waals surface area contributed by atoms with Crippen LogP contribution in [0.15, 0.2) is 47.7 Å². The molecule has 0 saturated heterocycles. The molecule has 0 amide bonds. The third kappa shape index (κ3) is 19.3. The maximum absolute atomic E-state index is 3.86. The zero-order valence-corrected chi connectivity index (χ0v) is 14.6. The molecule has 0 fully saturated rings. The minimum Gasteiger partial charge on any atom is -0.388 e. The van der Waals surface area contributed by atoms with Crippen LogP contribution in [0.25, 0.3) is 0 Å². The number of nitrogens with one attached hydrogen (secondary N) is 1. The molecule has 112 valence electrons. The molecule has 0 spiro atoms. The molecule has 1 heteroatoms. The third-order valence-corrected chi connectivity index (χ3v) is 2.03. The molecule has 19 heavy (non-hydrogen) atoms. The topological polar surface area (TPSA) is 12.0 Å². The van der Waals surface area contributed by atoms with Crippen molar-refractivity contribution in [1.29, 1.82) is 0 Å². The zero-order chi connectivity index (χ0) is 16.0. The van der Waals surface area contributed by atoms with Gasteiger partial charge >= 0.3 is 0 Å². The fraction of sp³-hybridized carbons (Fsp3) is 0.556. The Morgan fingerprint density at radius 1 is 0.895 bits per heavy atom. The Labute approximate surface area is 122 Å². The SMILES string of the molecule is C=C(C)/C(C)=C/C=C(\C)C(=C)NC.CC.CC(C)C. The molecule has 0 saturated carbocycles. The lowest BCUT2D eigenvalue weighted by atomic mass is 10.1. The van der Waals surface area contributed by atoms with Crippen molar-refractivity contribution < 1.29 is 0 Å². The maximum Gasteiger partial charge on any atom is 0.0294 e. The first-order valence-electron chi connectivity index (χ1n) is 7.10. The van der Waals surface area contributed by atoms with Crippen molar-refractivity contribution in [3.8, 4) is 0 Å². The molecule has 0 bridgehead atoms. The van der Waals surface area contributed by atoms with Crippen molar-refractivity contribution in [1.82, 2.24) is 5.32 Å². The van der Waals surface area contributed by atoms with Crippen molar-refractivity contribution >= 4 is 0 Å². The highest BCUT2D eigenvalue weighted by Gasteiger charge is 1.91. The first kappa shape index (κ1) is 22.9. The summed E-state index contributed by atoms with van der Waals surface area (Å²) in [4.78, 5) is 0. The maximum atomic E-state index is 3.86. The Morgan fingerprint density at radius 2 is 1.21 bits per heavy atom. The van der Waals surface area contributed by atoms with E-state index in [0.29, 0.717) is 0 Å². The molecule has 0 aliphatic carbocycles. The van der Waals surface area contributed by atoms with E-state index in [9.17, 15) is 0 Å². The van der Waals surface area contributed by atoms with Gasteiger partial charge in [0.2, 0.25) is 0 Å². The lowest BCUT2D eigenvalue weighted by Gasteiger charge is -2.03. The van der Waals surface area contributed by atoms with Gasteiger partial charge in [-0.3, -0.25) is 0 Å². The van der Waals surface area contributed by atoms with E-state index in [0.717, 1.165) is 22.8 Å². The fourth-order valence-corrected chi connectivity index (χ4v) is 0.690. The Morgan fingerprint density at radius 3 is 1.47 bits per heavy atom. The molecule has 0 aliphatic rings. The molecule has 1 N–H and O–H groups in total. The summed E-state index contributed by atoms with van der Waals surface area (Å²) in [6.07, 6.45) is 4.10. The highest BCUT2D eigenvalue weighted by molar-refractivity contribution is 5.33. The molecule has 0 atom stereocenters. The van der Waals surface area contributed by atoms with Crippen molar-refractivity contribution in [3.63, 3.8) is 0 Å². The highest BCUT2D eigenvalue weighted by Crippen LogP contribution is 2.08. The van der Waals surface area contributed by atoms with Gasteiger partial charge in [-0.1, -0.05) is 65.5 Å². The van der Waals surface area contributed by atoms with Crippen LogP contribution in [0.5, 0.6) is 0 Å². The summed E-state index contributed by atoms with van der Waals surface area (Å²) in [5.41, 5.74) is 4.39. The predicted molar refractivity (Wildman–Crippen MR) is 92.4 cm³/mol. The monoisotopic (exact) mass is 265 g/mol. The van der Waals surface area contributed by atoms with Crippen molar-refractivity contribution in [2.75, 3.05) is 7.05 Å². The molecular formula is C18H35N. The van der Waals surface area contributed by atoms with Gasteiger partial charge in [-0.2, -0.15) is 0 Å². The Kier molecular flexibility index (Phi) is 17.9. The summed E-state index contributed by atoms with van der Waals surface area (Å²) in [7, 11) is 1.87. The molecule has 0 aromatic heterocycles. The Balaban J connectivity index is -0.000000361. The largest absolute Gasteiger partial charge is 0.388 e. The number of hydrogen-bond donors (Lipinski definition) is 1. The molecule has 0 aromatic carbocycles. The van der Waals surface area contributed by atoms with Gasteiger partial charge in [0.15, 0.2) is 0 Å². The van der Waals surface area contributed by atoms with Crippen LogP contribution in [-0.4, -0.2) is 7.05 Å². The van der Waals surface area contributed by atoms with Gasteiger partial charge < -0.3 is 5.32 Å². The first-order chi connectivity index (χ1) is 8.72. The molecule has 0 heterocycles. The predicted octanol–water partition coefficient (Wildman–Crippen LogP) is 5.88. The Bertz CT molecular complexity index is 301. The van der Waals surface area contributed by atoms with Crippen molar-refractivity contribution in [2.24, 2.45) is 5.92 Å². The summed E-state index contributed by atoms with van der Waals surface area (Å²) in [6, 6.07) is 0. The highest BCUT2D eigenvalue weighted by atomic mass is 14.8. The standard InChI is InChI=1S/C12H19N.C4H10.C2H6/c1-9(2)10(3)7-8-11(4)12(5)13-6;1-4(2)3;1-2/h7-8,13H,1,5H2,2-4,6H3;4H,1-3H3;1-2H3/b10-7+,11-8+;;. The number of rotatable bonds is 4. The molecular weight excluding hydrogens is 230 g/mol. The third-order valence-electron chi connectivity index (χ3n) is 2.03. The quantitative estimate of drug-likeness (QED) is 0.626. The second-order valence-corrected chi connectivity index (χ2v) is 4.94. The van der Waals surface area contributed by atoms with E-state index in [4.69, 9.17) is 0 Å². The van der Waals surface area contributed by atoms with E-state index in [1.807, 2.05) is 47.7 Å². The molecule has 1 nitrogen and oxygen atoms in total. The van der Waals surface area contributed by atoms with Gasteiger partial charge in [-0.15, -0.1) is 0 Å². The number of likely N-dealkylation sites (N-methyl/N-ethyl adjacent to an activating group) is 1. The van der Waals surface area contributed by atoms with E-state index in [1.165, 1.54) is 5.57 Å². The van der Waals surface area contributed by atoms with E-state index < -0.39 is 0 Å². The fourth-order valence-electron chi connectivity index (χ4n) is 0.690. The molecule has 0 aliphatic heterocycles. The average Bonchev–Trinajstić information content (AvgIpc) is 2.35. The van der Waals surface area contributed by atoms with Crippen LogP contribution in [0.2, 0.25) is 0 Å². The van der Waals surface area contributed by atoms with Crippen LogP contribution in [0.1, 0.15) is 55.4 Å². The normalized spacial score (nSPS) is 10.8. The lowest BCUT2D eigenvalue weighted by Crippen LogP contribution is -2.04. The van der Waals surface area contributed by atoms with Crippen LogP contribution < -0.4 is 5.32 Å². The number of allylic oxidation sites excluding steroid dienone is 5. The van der Waals surface area contributed by atoms with Crippen LogP contribution in [-0.2, 0) is 0 Å². The molecule has 0 radical (unpaired) electrons. The number of hydrogen-bond acceptors (Lipinski definition) is 1. The van der Waals surface area contributed by atoms with Crippen LogP contribution in [0, 0.1) is 5.92 Å². The van der Waals surface area contributed by atoms with Crippen LogP contribution in [0.3, 0.4) is 0 Å². The van der Waals surface area contributed by atoms with Crippen molar-refractivity contribution in [2.45, 2.75) is 55.4 Å². The van der Waals surface area contributed by atoms with Gasteiger partial charge in [0.1, 0.15) is 0 Å². The summed E-state index contributed by atoms with van der Waals surface area (Å²) < 4.78 is 0. The van der Waals surface area contributed by atoms with E-state index in [2.05, 4.69) is 45.3 Å². The van der Waals surface area contributed by atoms with Crippen LogP contribution in [0.4, 0.5) is 0 Å². The van der Waals surface area contributed by atoms with Crippen molar-refractivity contribution in [3.05, 3.63) is 47.7 Å². The van der Waals surface area contributed by atoms with E-state index in [-0.39, 0.29) is 0 Å². The summed E-state index contributed by atoms with van der Waals surface area (Å²) in [5.74, 6) is 0.833. The molecule has 0 rings (SSSR count). The van der Waals surface area contributed by atoms with Gasteiger partial charge in [0.25, 0.3) is 0 Å². The molecule has 0 unspecified atom stereocenters. The van der Waals surface area contributed by atoms with Gasteiger partial charge in [0.05, 0.1) is 0 Å². The lowest BCUT2D eigenvalue weighted by molar-refractivity contribution is 0.737. The van der Waals surface area contributed by atoms with Gasteiger partial charge in [-0.25, -0.2) is 0 Å². The first-order valence-corrected chi connectivity index (χ1v) is 7.10. The smallest absolute Gasteiger partial charge is 0.0294 e. The van der Waals surface area contributed by atoms with Crippen LogP contribution >= 0.6 is 0 Å². The Hall–Kier alpha value is -1.24. The summed E-state index contributed by atoms with van der Waals surface area (Å²) in [6.45, 7) is 24.3. The van der Waals surface area contributed by atoms with E-state index in [1.54, 1.807) is 0 Å². The zero-order valence-electron chi connectivity index (χ0n) is 14.6. The summed E-state index contributed by atoms with van der Waals surface area (Å²) >= 11 is 0. The minimum absolute atomic E-state index is 0.833.